The minimum absolute atomic E-state index is 0.0537. The summed E-state index contributed by atoms with van der Waals surface area (Å²) in [6.45, 7) is 3.91. The topological polar surface area (TPSA) is 159 Å². The van der Waals surface area contributed by atoms with E-state index in [0.29, 0.717) is 18.0 Å². The zero-order chi connectivity index (χ0) is 33.1. The molecule has 5 N–H and O–H groups in total. The van der Waals surface area contributed by atoms with Crippen LogP contribution in [0.4, 0.5) is 5.69 Å². The number of benzene rings is 3. The van der Waals surface area contributed by atoms with Crippen LogP contribution in [0.5, 0.6) is 5.75 Å². The number of sulfonamides is 1. The van der Waals surface area contributed by atoms with Gasteiger partial charge in [0.2, 0.25) is 10.0 Å². The fourth-order valence-corrected chi connectivity index (χ4v) is 5.95. The lowest BCUT2D eigenvalue weighted by Crippen LogP contribution is -2.48. The van der Waals surface area contributed by atoms with Crippen LogP contribution in [-0.4, -0.2) is 61.9 Å². The Morgan fingerprint density at radius 2 is 1.65 bits per heavy atom. The lowest BCUT2D eigenvalue weighted by molar-refractivity contribution is 0.0830. The Morgan fingerprint density at radius 1 is 0.957 bits per heavy atom. The average molecular weight is 666 g/mol. The molecule has 13 heteroatoms. The number of aromatic nitrogens is 1. The number of anilines is 1. The maximum Gasteiger partial charge on any atom is 0.251 e. The summed E-state index contributed by atoms with van der Waals surface area (Å²) in [5, 5.41) is 22.8. The predicted octanol–water partition coefficient (Wildman–Crippen LogP) is 3.90. The van der Waals surface area contributed by atoms with Gasteiger partial charge in [0.1, 0.15) is 10.8 Å². The van der Waals surface area contributed by atoms with Gasteiger partial charge in [-0.05, 0) is 61.7 Å². The molecule has 4 aromatic rings. The molecule has 0 saturated carbocycles. The normalized spacial score (nSPS) is 13.3. The van der Waals surface area contributed by atoms with E-state index >= 15 is 0 Å². The molecule has 46 heavy (non-hydrogen) atoms. The number of aliphatic hydroxyl groups is 1. The van der Waals surface area contributed by atoms with Gasteiger partial charge in [-0.15, -0.1) is 11.3 Å². The second-order valence-electron chi connectivity index (χ2n) is 10.7. The average Bonchev–Trinajstić information content (AvgIpc) is 3.60. The monoisotopic (exact) mass is 665 g/mol. The van der Waals surface area contributed by atoms with E-state index in [9.17, 15) is 23.1 Å². The van der Waals surface area contributed by atoms with Gasteiger partial charge in [0.25, 0.3) is 11.8 Å². The first-order chi connectivity index (χ1) is 22.1. The number of aliphatic hydroxyl groups excluding tert-OH is 1. The molecule has 3 aromatic carbocycles. The van der Waals surface area contributed by atoms with E-state index in [-0.39, 0.29) is 29.1 Å². The summed E-state index contributed by atoms with van der Waals surface area (Å²) in [6.07, 6.45) is 0.980. The molecular weight excluding hydrogens is 627 g/mol. The maximum absolute atomic E-state index is 13.7. The van der Waals surface area contributed by atoms with Crippen LogP contribution in [0, 0.1) is 0 Å². The minimum Gasteiger partial charge on any atom is -0.497 e. The fourth-order valence-electron chi connectivity index (χ4n) is 4.68. The smallest absolute Gasteiger partial charge is 0.251 e. The zero-order valence-electron chi connectivity index (χ0n) is 25.9. The van der Waals surface area contributed by atoms with Gasteiger partial charge in [0.15, 0.2) is 0 Å². The molecule has 0 radical (unpaired) electrons. The van der Waals surface area contributed by atoms with E-state index in [4.69, 9.17) is 4.74 Å². The largest absolute Gasteiger partial charge is 0.497 e. The van der Waals surface area contributed by atoms with Gasteiger partial charge in [-0.2, -0.15) is 0 Å². The molecule has 0 saturated heterocycles. The van der Waals surface area contributed by atoms with Crippen LogP contribution in [0.1, 0.15) is 56.7 Å². The van der Waals surface area contributed by atoms with Crippen molar-refractivity contribution in [1.82, 2.24) is 20.9 Å². The molecule has 3 atom stereocenters. The SMILES string of the molecule is CCS(=O)(=O)Nc1cc(C(=O)N[C@@H](Cc2ccccc2)[C@H](O)CNCc2cccc(OC)c2)cc(C(=O)N[C@H](C)c2nccs2)c1. The third kappa shape index (κ3) is 10.1. The van der Waals surface area contributed by atoms with Crippen molar-refractivity contribution in [1.29, 1.82) is 0 Å². The van der Waals surface area contributed by atoms with Gasteiger partial charge in [-0.3, -0.25) is 14.3 Å². The van der Waals surface area contributed by atoms with Gasteiger partial charge < -0.3 is 25.8 Å². The quantitative estimate of drug-likeness (QED) is 0.121. The van der Waals surface area contributed by atoms with Crippen LogP contribution in [-0.2, 0) is 23.0 Å². The van der Waals surface area contributed by atoms with Crippen LogP contribution in [0.15, 0.2) is 84.4 Å². The van der Waals surface area contributed by atoms with Gasteiger partial charge >= 0.3 is 0 Å². The first-order valence-corrected chi connectivity index (χ1v) is 17.3. The van der Waals surface area contributed by atoms with E-state index in [1.165, 1.54) is 36.5 Å². The number of carbonyl (C=O) groups is 2. The molecule has 2 amide bonds. The molecule has 1 heterocycles. The molecule has 11 nitrogen and oxygen atoms in total. The Balaban J connectivity index is 1.55. The number of ether oxygens (including phenoxy) is 1. The van der Waals surface area contributed by atoms with Crippen LogP contribution < -0.4 is 25.4 Å². The number of hydrogen-bond donors (Lipinski definition) is 5. The van der Waals surface area contributed by atoms with Gasteiger partial charge in [-0.1, -0.05) is 42.5 Å². The van der Waals surface area contributed by atoms with Gasteiger partial charge in [-0.25, -0.2) is 13.4 Å². The molecular formula is C33H39N5O6S2. The van der Waals surface area contributed by atoms with E-state index in [1.54, 1.807) is 25.6 Å². The summed E-state index contributed by atoms with van der Waals surface area (Å²) in [5.74, 6) is -0.548. The highest BCUT2D eigenvalue weighted by molar-refractivity contribution is 7.92. The highest BCUT2D eigenvalue weighted by atomic mass is 32.2. The molecule has 0 aliphatic carbocycles. The second-order valence-corrected chi connectivity index (χ2v) is 13.6. The number of amides is 2. The van der Waals surface area contributed by atoms with Crippen molar-refractivity contribution in [3.05, 3.63) is 112 Å². The lowest BCUT2D eigenvalue weighted by Gasteiger charge is -2.25. The van der Waals surface area contributed by atoms with Crippen molar-refractivity contribution in [3.8, 4) is 5.75 Å². The van der Waals surface area contributed by atoms with E-state index in [0.717, 1.165) is 16.9 Å². The number of rotatable bonds is 16. The van der Waals surface area contributed by atoms with E-state index in [1.807, 2.05) is 54.6 Å². The number of carbonyl (C=O) groups excluding carboxylic acids is 2. The Bertz CT molecular complexity index is 1700. The Hall–Kier alpha value is -4.30. The molecule has 1 aromatic heterocycles. The highest BCUT2D eigenvalue weighted by Gasteiger charge is 2.24. The van der Waals surface area contributed by atoms with E-state index < -0.39 is 40.0 Å². The van der Waals surface area contributed by atoms with Crippen molar-refractivity contribution < 1.29 is 27.9 Å². The second kappa shape index (κ2) is 16.3. The van der Waals surface area contributed by atoms with Crippen molar-refractivity contribution in [2.75, 3.05) is 24.1 Å². The molecule has 0 fully saturated rings. The van der Waals surface area contributed by atoms with Gasteiger partial charge in [0, 0.05) is 35.8 Å². The molecule has 0 aliphatic heterocycles. The Morgan fingerprint density at radius 3 is 2.30 bits per heavy atom. The lowest BCUT2D eigenvalue weighted by atomic mass is 10.00. The van der Waals surface area contributed by atoms with Crippen molar-refractivity contribution >= 4 is 38.9 Å². The third-order valence-corrected chi connectivity index (χ3v) is 9.44. The van der Waals surface area contributed by atoms with Crippen LogP contribution in [0.2, 0.25) is 0 Å². The number of nitrogens with one attached hydrogen (secondary N) is 4. The zero-order valence-corrected chi connectivity index (χ0v) is 27.5. The first kappa shape index (κ1) is 34.6. The standard InChI is InChI=1S/C33H39N5O6S2/c1-4-46(42,43)38-27-18-25(31(40)36-22(2)33-35-13-14-45-33)17-26(19-27)32(41)37-29(16-23-9-6-5-7-10-23)30(39)21-34-20-24-11-8-12-28(15-24)44-3/h5-15,17-19,22,29-30,34,38-39H,4,16,20-21H2,1-3H3,(H,36,40)(H,37,41)/t22-,29+,30-/m1/s1. The number of thiazole rings is 1. The number of methoxy groups -OCH3 is 1. The summed E-state index contributed by atoms with van der Waals surface area (Å²) >= 11 is 1.39. The molecule has 0 bridgehead atoms. The summed E-state index contributed by atoms with van der Waals surface area (Å²) in [4.78, 5) is 31.2. The maximum atomic E-state index is 13.7. The predicted molar refractivity (Wildman–Crippen MR) is 180 cm³/mol. The highest BCUT2D eigenvalue weighted by Crippen LogP contribution is 2.20. The summed E-state index contributed by atoms with van der Waals surface area (Å²) < 4.78 is 32.5. The Kier molecular flexibility index (Phi) is 12.3. The molecule has 244 valence electrons. The van der Waals surface area contributed by atoms with Crippen LogP contribution in [0.3, 0.4) is 0 Å². The minimum atomic E-state index is -3.71. The third-order valence-electron chi connectivity index (χ3n) is 7.18. The molecule has 0 unspecified atom stereocenters. The molecule has 0 aliphatic rings. The molecule has 4 rings (SSSR count). The fraction of sp³-hybridized carbons (Fsp3) is 0.303. The van der Waals surface area contributed by atoms with Crippen molar-refractivity contribution in [3.63, 3.8) is 0 Å². The van der Waals surface area contributed by atoms with E-state index in [2.05, 4.69) is 25.7 Å². The van der Waals surface area contributed by atoms with Gasteiger partial charge in [0.05, 0.1) is 36.7 Å². The summed E-state index contributed by atoms with van der Waals surface area (Å²) in [6, 6.07) is 20.0. The number of nitrogens with zero attached hydrogens (tertiary/aromatic N) is 1. The molecule has 0 spiro atoms. The van der Waals surface area contributed by atoms with Crippen molar-refractivity contribution in [2.45, 2.75) is 45.0 Å². The van der Waals surface area contributed by atoms with Crippen LogP contribution in [0.25, 0.3) is 0 Å². The Labute approximate surface area is 273 Å². The number of hydrogen-bond acceptors (Lipinski definition) is 9. The first-order valence-electron chi connectivity index (χ1n) is 14.8. The summed E-state index contributed by atoms with van der Waals surface area (Å²) in [7, 11) is -2.11. The summed E-state index contributed by atoms with van der Waals surface area (Å²) in [5.41, 5.74) is 2.08. The van der Waals surface area contributed by atoms with Crippen LogP contribution >= 0.6 is 11.3 Å². The van der Waals surface area contributed by atoms with Crippen molar-refractivity contribution in [2.24, 2.45) is 0 Å².